The Labute approximate surface area is 128 Å². The maximum atomic E-state index is 8.80. The summed E-state index contributed by atoms with van der Waals surface area (Å²) in [6.07, 6.45) is 5.27. The molecule has 0 unspecified atom stereocenters. The number of aryl methyl sites for hydroxylation is 1. The summed E-state index contributed by atoms with van der Waals surface area (Å²) in [5.74, 6) is 0.442. The van der Waals surface area contributed by atoms with Crippen LogP contribution in [0, 0.1) is 0 Å². The lowest BCUT2D eigenvalue weighted by Crippen LogP contribution is -2.16. The Morgan fingerprint density at radius 1 is 1.29 bits per heavy atom. The average Bonchev–Trinajstić information content (AvgIpc) is 2.52. The topological polar surface area (TPSA) is 80.7 Å². The van der Waals surface area contributed by atoms with E-state index in [0.717, 1.165) is 12.8 Å². The second-order valence-electron chi connectivity index (χ2n) is 4.41. The number of benzene rings is 1. The molecule has 0 amide bonds. The minimum atomic E-state index is -0.0651. The number of nitrogens with two attached hydrogens (primary N) is 1. The molecule has 0 aliphatic rings. The van der Waals surface area contributed by atoms with Gasteiger partial charge in [0, 0.05) is 12.4 Å². The molecule has 0 atom stereocenters. The van der Waals surface area contributed by atoms with Crippen molar-refractivity contribution in [3.8, 4) is 5.75 Å². The van der Waals surface area contributed by atoms with Crippen LogP contribution in [0.4, 0.5) is 0 Å². The molecule has 1 aromatic carbocycles. The Bertz CT molecular complexity index is 618. The molecule has 3 N–H and O–H groups in total. The molecule has 21 heavy (non-hydrogen) atoms. The fraction of sp³-hybridized carbons (Fsp3) is 0.200. The van der Waals surface area contributed by atoms with E-state index in [2.05, 4.69) is 10.1 Å². The van der Waals surface area contributed by atoms with Gasteiger partial charge in [-0.05, 0) is 42.7 Å². The van der Waals surface area contributed by atoms with E-state index in [1.165, 1.54) is 5.56 Å². The van der Waals surface area contributed by atoms with Gasteiger partial charge in [-0.2, -0.15) is 0 Å². The third kappa shape index (κ3) is 4.10. The molecule has 5 nitrogen and oxygen atoms in total. The predicted octanol–water partition coefficient (Wildman–Crippen LogP) is 2.84. The monoisotopic (exact) mass is 305 g/mol. The zero-order valence-electron chi connectivity index (χ0n) is 11.4. The molecule has 2 aromatic rings. The molecule has 0 saturated carbocycles. The molecule has 0 aliphatic heterocycles. The third-order valence-corrected chi connectivity index (χ3v) is 3.27. The summed E-state index contributed by atoms with van der Waals surface area (Å²) in [7, 11) is 0. The number of amidine groups is 1. The number of halogens is 1. The predicted molar refractivity (Wildman–Crippen MR) is 82.0 cm³/mol. The van der Waals surface area contributed by atoms with Gasteiger partial charge >= 0.3 is 0 Å². The standard InChI is InChI=1S/C15H16ClN3O2/c16-12-4-1-5-13(14(12)15(17)19-20)21-10-2-3-11-6-8-18-9-7-11/h1,4-9,20H,2-3,10H2,(H2,17,19). The number of rotatable bonds is 6. The van der Waals surface area contributed by atoms with Crippen LogP contribution >= 0.6 is 11.6 Å². The second kappa shape index (κ2) is 7.50. The Kier molecular flexibility index (Phi) is 5.40. The summed E-state index contributed by atoms with van der Waals surface area (Å²) in [6.45, 7) is 0.508. The zero-order valence-corrected chi connectivity index (χ0v) is 12.1. The number of nitrogens with zero attached hydrogens (tertiary/aromatic N) is 2. The lowest BCUT2D eigenvalue weighted by atomic mass is 10.1. The molecule has 0 spiro atoms. The summed E-state index contributed by atoms with van der Waals surface area (Å²) in [4.78, 5) is 3.97. The van der Waals surface area contributed by atoms with Gasteiger partial charge in [0.05, 0.1) is 17.2 Å². The first-order valence-electron chi connectivity index (χ1n) is 6.50. The van der Waals surface area contributed by atoms with Crippen LogP contribution in [0.5, 0.6) is 5.75 Å². The van der Waals surface area contributed by atoms with Crippen molar-refractivity contribution in [1.29, 1.82) is 0 Å². The van der Waals surface area contributed by atoms with Crippen molar-refractivity contribution < 1.29 is 9.94 Å². The van der Waals surface area contributed by atoms with E-state index in [0.29, 0.717) is 22.9 Å². The summed E-state index contributed by atoms with van der Waals surface area (Å²) in [5.41, 5.74) is 7.23. The maximum Gasteiger partial charge on any atom is 0.175 e. The molecular weight excluding hydrogens is 290 g/mol. The first-order chi connectivity index (χ1) is 10.2. The van der Waals surface area contributed by atoms with Gasteiger partial charge in [-0.15, -0.1) is 0 Å². The molecule has 110 valence electrons. The maximum absolute atomic E-state index is 8.80. The molecular formula is C15H16ClN3O2. The lowest BCUT2D eigenvalue weighted by molar-refractivity contribution is 0.307. The molecule has 0 aliphatic carbocycles. The highest BCUT2D eigenvalue weighted by atomic mass is 35.5. The van der Waals surface area contributed by atoms with Crippen LogP contribution in [0.15, 0.2) is 47.9 Å². The highest BCUT2D eigenvalue weighted by Gasteiger charge is 2.12. The van der Waals surface area contributed by atoms with Crippen LogP contribution in [0.2, 0.25) is 5.02 Å². The molecule has 0 bridgehead atoms. The summed E-state index contributed by atoms with van der Waals surface area (Å²) < 4.78 is 5.69. The van der Waals surface area contributed by atoms with E-state index in [9.17, 15) is 0 Å². The van der Waals surface area contributed by atoms with Crippen LogP contribution in [-0.2, 0) is 6.42 Å². The van der Waals surface area contributed by atoms with Crippen molar-refractivity contribution >= 4 is 17.4 Å². The van der Waals surface area contributed by atoms with E-state index in [4.69, 9.17) is 27.3 Å². The van der Waals surface area contributed by atoms with E-state index < -0.39 is 0 Å². The first-order valence-corrected chi connectivity index (χ1v) is 6.88. The smallest absolute Gasteiger partial charge is 0.175 e. The SMILES string of the molecule is NC(=NO)c1c(Cl)cccc1OCCCc1ccncc1. The number of oxime groups is 1. The quantitative estimate of drug-likeness (QED) is 0.283. The molecule has 6 heteroatoms. The number of aromatic nitrogens is 1. The minimum Gasteiger partial charge on any atom is -0.493 e. The molecule has 0 fully saturated rings. The largest absolute Gasteiger partial charge is 0.493 e. The molecule has 0 radical (unpaired) electrons. The van der Waals surface area contributed by atoms with Crippen LogP contribution < -0.4 is 10.5 Å². The Balaban J connectivity index is 1.96. The minimum absolute atomic E-state index is 0.0651. The van der Waals surface area contributed by atoms with Gasteiger partial charge in [0.15, 0.2) is 5.84 Å². The van der Waals surface area contributed by atoms with E-state index in [-0.39, 0.29) is 5.84 Å². The Morgan fingerprint density at radius 3 is 2.76 bits per heavy atom. The number of hydrogen-bond acceptors (Lipinski definition) is 4. The Hall–Kier alpha value is -2.27. The van der Waals surface area contributed by atoms with Crippen molar-refractivity contribution in [1.82, 2.24) is 4.98 Å². The lowest BCUT2D eigenvalue weighted by Gasteiger charge is -2.11. The first kappa shape index (κ1) is 15.1. The van der Waals surface area contributed by atoms with Crippen LogP contribution in [-0.4, -0.2) is 22.6 Å². The van der Waals surface area contributed by atoms with E-state index >= 15 is 0 Å². The van der Waals surface area contributed by atoms with Crippen LogP contribution in [0.3, 0.4) is 0 Å². The zero-order chi connectivity index (χ0) is 15.1. The fourth-order valence-corrected chi connectivity index (χ4v) is 2.19. The van der Waals surface area contributed by atoms with Gasteiger partial charge in [0.25, 0.3) is 0 Å². The van der Waals surface area contributed by atoms with Crippen molar-refractivity contribution in [3.05, 3.63) is 58.9 Å². The van der Waals surface area contributed by atoms with E-state index in [1.807, 2.05) is 12.1 Å². The molecule has 0 saturated heterocycles. The summed E-state index contributed by atoms with van der Waals surface area (Å²) >= 11 is 6.05. The van der Waals surface area contributed by atoms with Crippen molar-refractivity contribution in [2.24, 2.45) is 10.9 Å². The van der Waals surface area contributed by atoms with E-state index in [1.54, 1.807) is 30.6 Å². The molecule has 2 rings (SSSR count). The van der Waals surface area contributed by atoms with Crippen molar-refractivity contribution in [2.75, 3.05) is 6.61 Å². The van der Waals surface area contributed by atoms with Gasteiger partial charge in [0.1, 0.15) is 5.75 Å². The van der Waals surface area contributed by atoms with Gasteiger partial charge in [0.2, 0.25) is 0 Å². The average molecular weight is 306 g/mol. The number of pyridine rings is 1. The van der Waals surface area contributed by atoms with Gasteiger partial charge < -0.3 is 15.7 Å². The van der Waals surface area contributed by atoms with Crippen molar-refractivity contribution in [2.45, 2.75) is 12.8 Å². The van der Waals surface area contributed by atoms with Gasteiger partial charge in [-0.25, -0.2) is 0 Å². The van der Waals surface area contributed by atoms with Gasteiger partial charge in [-0.3, -0.25) is 4.98 Å². The van der Waals surface area contributed by atoms with Crippen molar-refractivity contribution in [3.63, 3.8) is 0 Å². The number of ether oxygens (including phenoxy) is 1. The van der Waals surface area contributed by atoms with Crippen LogP contribution in [0.1, 0.15) is 17.5 Å². The summed E-state index contributed by atoms with van der Waals surface area (Å²) in [6, 6.07) is 9.11. The third-order valence-electron chi connectivity index (χ3n) is 2.96. The highest BCUT2D eigenvalue weighted by Crippen LogP contribution is 2.26. The molecule has 1 heterocycles. The highest BCUT2D eigenvalue weighted by molar-refractivity contribution is 6.34. The summed E-state index contributed by atoms with van der Waals surface area (Å²) in [5, 5.41) is 12.2. The van der Waals surface area contributed by atoms with Gasteiger partial charge in [-0.1, -0.05) is 22.8 Å². The second-order valence-corrected chi connectivity index (χ2v) is 4.81. The fourth-order valence-electron chi connectivity index (χ4n) is 1.93. The number of hydrogen-bond donors (Lipinski definition) is 2. The Morgan fingerprint density at radius 2 is 2.05 bits per heavy atom. The van der Waals surface area contributed by atoms with Crippen LogP contribution in [0.25, 0.3) is 0 Å². The molecule has 1 aromatic heterocycles. The normalized spacial score (nSPS) is 11.4.